The van der Waals surface area contributed by atoms with Crippen LogP contribution >= 0.6 is 0 Å². The molecule has 0 saturated carbocycles. The molecule has 70 heavy (non-hydrogen) atoms. The Hall–Kier alpha value is -6.06. The molecule has 4 heterocycles. The number of fused-ring (bicyclic) bond motifs is 1. The number of aliphatic hydroxyl groups excluding tert-OH is 2. The van der Waals surface area contributed by atoms with Crippen LogP contribution in [0.25, 0.3) is 10.8 Å². The molecule has 0 aromatic heterocycles. The smallest absolute Gasteiger partial charge is 0.383 e. The number of nitrogens with one attached hydrogen (secondary N) is 2. The van der Waals surface area contributed by atoms with E-state index in [-0.39, 0.29) is 55.5 Å². The van der Waals surface area contributed by atoms with E-state index in [0.29, 0.717) is 38.4 Å². The highest BCUT2D eigenvalue weighted by atomic mass is 16.7. The number of phenolic OH excluding ortho intramolecular Hbond substituents is 2. The number of hydrogen-bond acceptors (Lipinski definition) is 15. The minimum absolute atomic E-state index is 0.00606. The van der Waals surface area contributed by atoms with Gasteiger partial charge in [-0.05, 0) is 37.7 Å². The van der Waals surface area contributed by atoms with E-state index >= 15 is 0 Å². The van der Waals surface area contributed by atoms with Gasteiger partial charge in [-0.2, -0.15) is 0 Å². The summed E-state index contributed by atoms with van der Waals surface area (Å²) in [6.07, 6.45) is 10.5. The number of aliphatic hydroxyl groups is 2. The van der Waals surface area contributed by atoms with Crippen molar-refractivity contribution in [1.82, 2.24) is 10.2 Å². The summed E-state index contributed by atoms with van der Waals surface area (Å²) in [4.78, 5) is 67.9. The first kappa shape index (κ1) is 53.3. The Bertz CT molecular complexity index is 2660. The van der Waals surface area contributed by atoms with E-state index in [0.717, 1.165) is 12.8 Å². The number of likely N-dealkylation sites (tertiary alicyclic amines) is 1. The lowest BCUT2D eigenvalue weighted by molar-refractivity contribution is -0.162. The second-order valence-electron chi connectivity index (χ2n) is 20.0. The number of carbonyl (C=O) groups is 4. The van der Waals surface area contributed by atoms with E-state index in [4.69, 9.17) is 35.4 Å². The van der Waals surface area contributed by atoms with Gasteiger partial charge in [0.25, 0.3) is 11.7 Å². The monoisotopic (exact) mass is 967 g/mol. The average Bonchev–Trinajstić information content (AvgIpc) is 3.84. The third-order valence-electron chi connectivity index (χ3n) is 13.8. The molecule has 4 aliphatic heterocycles. The van der Waals surface area contributed by atoms with Gasteiger partial charge in [0.15, 0.2) is 11.4 Å². The average molecular weight is 968 g/mol. The number of anilines is 1. The van der Waals surface area contributed by atoms with Crippen LogP contribution in [0.15, 0.2) is 58.8 Å². The minimum atomic E-state index is -2.47. The molecule has 1 spiro atoms. The van der Waals surface area contributed by atoms with Crippen LogP contribution in [0, 0.1) is 54.8 Å². The first-order valence-corrected chi connectivity index (χ1v) is 24.0. The van der Waals surface area contributed by atoms with Gasteiger partial charge in [0.05, 0.1) is 40.9 Å². The molecule has 2 aromatic carbocycles. The number of esters is 1. The number of Topliss-reactive ketones (excluding diaryl/α,β-unsaturated/α-hetero) is 1. The van der Waals surface area contributed by atoms with E-state index < -0.39 is 101 Å². The van der Waals surface area contributed by atoms with E-state index in [9.17, 15) is 39.6 Å². The van der Waals surface area contributed by atoms with Crippen molar-refractivity contribution in [1.29, 1.82) is 0 Å². The zero-order valence-electron chi connectivity index (χ0n) is 41.9. The second-order valence-corrected chi connectivity index (χ2v) is 20.0. The summed E-state index contributed by atoms with van der Waals surface area (Å²) in [5, 5.41) is 53.2. The van der Waals surface area contributed by atoms with Crippen LogP contribution in [0.2, 0.25) is 0 Å². The third-order valence-corrected chi connectivity index (χ3v) is 13.8. The highest BCUT2D eigenvalue weighted by Crippen LogP contribution is 2.50. The number of benzene rings is 2. The second kappa shape index (κ2) is 21.5. The van der Waals surface area contributed by atoms with Gasteiger partial charge in [0.1, 0.15) is 35.1 Å². The maximum atomic E-state index is 15.0. The molecule has 6 rings (SSSR count). The topological polar surface area (TPSA) is 238 Å². The number of amides is 2. The highest BCUT2D eigenvalue weighted by Gasteiger charge is 2.53. The van der Waals surface area contributed by atoms with Crippen molar-refractivity contribution in [2.45, 2.75) is 117 Å². The number of methoxy groups -OCH3 is 1. The lowest BCUT2D eigenvalue weighted by Gasteiger charge is -2.38. The molecule has 17 heteroatoms. The van der Waals surface area contributed by atoms with Crippen molar-refractivity contribution >= 4 is 40.0 Å². The Morgan fingerprint density at radius 2 is 1.69 bits per heavy atom. The fourth-order valence-electron chi connectivity index (χ4n) is 9.70. The van der Waals surface area contributed by atoms with Gasteiger partial charge in [-0.3, -0.25) is 29.2 Å². The standard InChI is InChI=1S/C53H69N5O12/c1-13-34-35(67-12)18-23-68-53(14-2)50(65)40-38-39(46(63)33(11)49(40)70-53)47(64)43(42-41(38)56-52(57-42)19-21-58(22-20-52)26-28(5)6)55-51(66)30(8)17-15-16-29(7)44(61)31(9)45(62)32(10)48(34)69-37(60)24-36(59)54-25-27(3)4/h2,13,15-18,23,27-29,31-32,34-35,44-45,48,61-64H,1,19-22,24-26H2,3-12H3,(H,54,59)(H,55,66)/b16-15+,23-18+,30-17-/t29-,31+,32+,34+,35-,44-,45+,48-,53-/m0/s1. The van der Waals surface area contributed by atoms with Gasteiger partial charge in [-0.15, -0.1) is 13.0 Å². The van der Waals surface area contributed by atoms with Crippen LogP contribution in [0.5, 0.6) is 17.2 Å². The highest BCUT2D eigenvalue weighted by molar-refractivity contribution is 6.20. The molecular formula is C53H69N5O12. The number of ether oxygens (including phenoxy) is 4. The molecule has 2 amide bonds. The Morgan fingerprint density at radius 3 is 2.30 bits per heavy atom. The zero-order valence-corrected chi connectivity index (χ0v) is 41.9. The van der Waals surface area contributed by atoms with Crippen molar-refractivity contribution in [3.8, 4) is 29.6 Å². The summed E-state index contributed by atoms with van der Waals surface area (Å²) in [5.74, 6) is -6.90. The van der Waals surface area contributed by atoms with Crippen LogP contribution in [0.1, 0.15) is 90.6 Å². The number of nitrogens with zero attached hydrogens (tertiary/aromatic N) is 3. The Kier molecular flexibility index (Phi) is 16.4. The predicted octanol–water partition coefficient (Wildman–Crippen LogP) is 4.67. The number of rotatable bonds is 9. The van der Waals surface area contributed by atoms with Crippen LogP contribution in [-0.4, -0.2) is 118 Å². The lowest BCUT2D eigenvalue weighted by Crippen LogP contribution is -2.47. The molecular weight excluding hydrogens is 899 g/mol. The molecule has 1 fully saturated rings. The lowest BCUT2D eigenvalue weighted by atomic mass is 9.78. The maximum absolute atomic E-state index is 15.0. The zero-order chi connectivity index (χ0) is 51.6. The van der Waals surface area contributed by atoms with Gasteiger partial charge in [-0.25, -0.2) is 0 Å². The molecule has 9 atom stereocenters. The number of terminal acetylenes is 1. The Labute approximate surface area is 409 Å². The summed E-state index contributed by atoms with van der Waals surface area (Å²) >= 11 is 0. The first-order valence-electron chi connectivity index (χ1n) is 24.0. The SMILES string of the molecule is C#C[C@@]12O/C=C/[C@H](OC)[C@@H](C=C)[C@@H](OC(=O)CC(=O)NCC(C)C)[C@H](C)[C@H](O)[C@H](C)[C@@H](O)[C@@H](C)/C=C/C=C(/C)C(=O)Nc3c(O)c4c(O)c(C)c(c(c4c4c3=NC3(CCN(CC(C)C)CC3)N=4)C1=O)O2. The summed E-state index contributed by atoms with van der Waals surface area (Å²) in [6, 6.07) is 0. The summed E-state index contributed by atoms with van der Waals surface area (Å²) < 4.78 is 24.2. The van der Waals surface area contributed by atoms with Crippen molar-refractivity contribution in [3.05, 3.63) is 70.6 Å². The third kappa shape index (κ3) is 10.5. The molecule has 4 bridgehead atoms. The van der Waals surface area contributed by atoms with Gasteiger partial charge < -0.3 is 54.9 Å². The Balaban J connectivity index is 1.52. The van der Waals surface area contributed by atoms with Gasteiger partial charge in [0.2, 0.25) is 5.91 Å². The van der Waals surface area contributed by atoms with Crippen LogP contribution in [0.3, 0.4) is 0 Å². The molecule has 17 nitrogen and oxygen atoms in total. The maximum Gasteiger partial charge on any atom is 0.383 e. The predicted molar refractivity (Wildman–Crippen MR) is 262 cm³/mol. The first-order chi connectivity index (χ1) is 33.0. The van der Waals surface area contributed by atoms with Gasteiger partial charge in [0, 0.05) is 86.3 Å². The molecule has 4 aliphatic rings. The molecule has 0 unspecified atom stereocenters. The largest absolute Gasteiger partial charge is 0.507 e. The number of aromatic hydroxyl groups is 2. The number of phenols is 2. The van der Waals surface area contributed by atoms with Crippen molar-refractivity contribution in [2.75, 3.05) is 38.6 Å². The minimum Gasteiger partial charge on any atom is -0.507 e. The number of carbonyl (C=O) groups excluding carboxylic acids is 4. The van der Waals surface area contributed by atoms with Crippen molar-refractivity contribution in [3.63, 3.8) is 0 Å². The fraction of sp³-hybridized carbons (Fsp3) is 0.547. The van der Waals surface area contributed by atoms with E-state index in [1.807, 2.05) is 13.8 Å². The van der Waals surface area contributed by atoms with Gasteiger partial charge in [-0.1, -0.05) is 72.8 Å². The molecule has 0 radical (unpaired) electrons. The summed E-state index contributed by atoms with van der Waals surface area (Å²) in [7, 11) is 1.37. The summed E-state index contributed by atoms with van der Waals surface area (Å²) in [6.45, 7) is 22.7. The van der Waals surface area contributed by atoms with E-state index in [1.165, 1.54) is 32.3 Å². The van der Waals surface area contributed by atoms with Crippen LogP contribution < -0.4 is 26.1 Å². The molecule has 2 aromatic rings. The number of hydrogen-bond donors (Lipinski definition) is 6. The number of piperidine rings is 1. The number of ketones is 1. The van der Waals surface area contributed by atoms with Crippen LogP contribution in [-0.2, 0) is 28.6 Å². The van der Waals surface area contributed by atoms with Crippen molar-refractivity contribution in [2.24, 2.45) is 45.5 Å². The molecule has 0 aliphatic carbocycles. The normalized spacial score (nSPS) is 29.8. The fourth-order valence-corrected chi connectivity index (χ4v) is 9.70. The van der Waals surface area contributed by atoms with E-state index in [1.54, 1.807) is 39.8 Å². The molecule has 6 N–H and O–H groups in total. The number of allylic oxidation sites excluding steroid dienone is 2. The van der Waals surface area contributed by atoms with Gasteiger partial charge >= 0.3 is 11.8 Å². The van der Waals surface area contributed by atoms with Crippen LogP contribution in [0.4, 0.5) is 5.69 Å². The molecule has 378 valence electrons. The Morgan fingerprint density at radius 1 is 1.01 bits per heavy atom. The summed E-state index contributed by atoms with van der Waals surface area (Å²) in [5.41, 5.74) is -1.05. The van der Waals surface area contributed by atoms with E-state index in [2.05, 4.69) is 41.9 Å². The van der Waals surface area contributed by atoms with Crippen molar-refractivity contribution < 1.29 is 58.6 Å². The molecule has 1 saturated heterocycles. The quantitative estimate of drug-likeness (QED) is 0.0660.